The summed E-state index contributed by atoms with van der Waals surface area (Å²) < 4.78 is 0. The first-order valence-corrected chi connectivity index (χ1v) is 7.01. The monoisotopic (exact) mass is 274 g/mol. The molecule has 2 aliphatic rings. The van der Waals surface area contributed by atoms with Crippen LogP contribution in [0.5, 0.6) is 0 Å². The van der Waals surface area contributed by atoms with Gasteiger partial charge < -0.3 is 15.3 Å². The normalized spacial score (nSPS) is 20.6. The minimum atomic E-state index is -0.784. The molecule has 0 bridgehead atoms. The van der Waals surface area contributed by atoms with Crippen molar-refractivity contribution in [3.05, 3.63) is 29.3 Å². The number of carbonyl (C=O) groups excluding carboxylic acids is 1. The molecule has 1 aromatic rings. The fraction of sp³-hybridized carbons (Fsp3) is 0.467. The number of nitrogens with one attached hydrogen (secondary N) is 1. The van der Waals surface area contributed by atoms with Crippen LogP contribution in [0, 0.1) is 5.92 Å². The van der Waals surface area contributed by atoms with Gasteiger partial charge in [0.15, 0.2) is 0 Å². The summed E-state index contributed by atoms with van der Waals surface area (Å²) in [4.78, 5) is 24.9. The van der Waals surface area contributed by atoms with Crippen molar-refractivity contribution in [3.8, 4) is 0 Å². The maximum atomic E-state index is 12.4. The molecule has 106 valence electrons. The van der Waals surface area contributed by atoms with Crippen LogP contribution >= 0.6 is 0 Å². The van der Waals surface area contributed by atoms with Crippen LogP contribution in [0.15, 0.2) is 18.2 Å². The molecule has 0 saturated carbocycles. The quantitative estimate of drug-likeness (QED) is 0.878. The maximum absolute atomic E-state index is 12.4. The first kappa shape index (κ1) is 13.0. The van der Waals surface area contributed by atoms with Gasteiger partial charge in [0.1, 0.15) is 0 Å². The molecular weight excluding hydrogens is 256 g/mol. The number of hydrogen-bond acceptors (Lipinski definition) is 3. The Morgan fingerprint density at radius 1 is 1.40 bits per heavy atom. The number of amides is 1. The van der Waals surface area contributed by atoms with Gasteiger partial charge in [0.2, 0.25) is 0 Å². The zero-order valence-corrected chi connectivity index (χ0v) is 11.3. The fourth-order valence-electron chi connectivity index (χ4n) is 3.05. The highest BCUT2D eigenvalue weighted by molar-refractivity contribution is 5.95. The standard InChI is InChI=1S/C15H18N2O3/c18-14(19)7-10-4-6-17(9-10)15(20)12-1-2-13-11(8-12)3-5-16-13/h1-2,8,10,16H,3-7,9H2,(H,18,19). The van der Waals surface area contributed by atoms with E-state index in [0.717, 1.165) is 25.1 Å². The molecule has 1 amide bonds. The third-order valence-electron chi connectivity index (χ3n) is 4.10. The number of anilines is 1. The van der Waals surface area contributed by atoms with Gasteiger partial charge in [0.05, 0.1) is 0 Å². The van der Waals surface area contributed by atoms with E-state index >= 15 is 0 Å². The lowest BCUT2D eigenvalue weighted by Gasteiger charge is -2.16. The summed E-state index contributed by atoms with van der Waals surface area (Å²) in [5.41, 5.74) is 3.02. The number of hydrogen-bond donors (Lipinski definition) is 2. The lowest BCUT2D eigenvalue weighted by atomic mass is 10.1. The Hall–Kier alpha value is -2.04. The molecule has 0 aliphatic carbocycles. The van der Waals surface area contributed by atoms with Gasteiger partial charge in [-0.15, -0.1) is 0 Å². The molecule has 0 aromatic heterocycles. The fourth-order valence-corrected chi connectivity index (χ4v) is 3.05. The van der Waals surface area contributed by atoms with Crippen molar-refractivity contribution in [1.29, 1.82) is 0 Å². The average Bonchev–Trinajstić information content (AvgIpc) is 3.04. The minimum absolute atomic E-state index is 0.0209. The Bertz CT molecular complexity index is 556. The van der Waals surface area contributed by atoms with E-state index in [1.807, 2.05) is 18.2 Å². The zero-order chi connectivity index (χ0) is 14.1. The van der Waals surface area contributed by atoms with Gasteiger partial charge in [0, 0.05) is 37.3 Å². The number of rotatable bonds is 3. The number of aliphatic carboxylic acids is 1. The van der Waals surface area contributed by atoms with Gasteiger partial charge in [-0.25, -0.2) is 0 Å². The molecule has 1 saturated heterocycles. The maximum Gasteiger partial charge on any atom is 0.303 e. The number of fused-ring (bicyclic) bond motifs is 1. The zero-order valence-electron chi connectivity index (χ0n) is 11.3. The Labute approximate surface area is 117 Å². The molecule has 0 spiro atoms. The van der Waals surface area contributed by atoms with Crippen LogP contribution in [0.2, 0.25) is 0 Å². The van der Waals surface area contributed by atoms with Crippen LogP contribution < -0.4 is 5.32 Å². The van der Waals surface area contributed by atoms with E-state index in [2.05, 4.69) is 5.32 Å². The van der Waals surface area contributed by atoms with Gasteiger partial charge in [-0.05, 0) is 42.5 Å². The summed E-state index contributed by atoms with van der Waals surface area (Å²) in [5, 5.41) is 12.1. The number of nitrogens with zero attached hydrogens (tertiary/aromatic N) is 1. The Morgan fingerprint density at radius 3 is 3.05 bits per heavy atom. The van der Waals surface area contributed by atoms with E-state index in [0.29, 0.717) is 18.7 Å². The smallest absolute Gasteiger partial charge is 0.303 e. The summed E-state index contributed by atoms with van der Waals surface area (Å²) in [7, 11) is 0. The van der Waals surface area contributed by atoms with Crippen LogP contribution in [0.25, 0.3) is 0 Å². The second-order valence-electron chi connectivity index (χ2n) is 5.55. The Kier molecular flexibility index (Phi) is 3.34. The van der Waals surface area contributed by atoms with Crippen molar-refractivity contribution in [2.24, 2.45) is 5.92 Å². The molecule has 1 fully saturated rings. The van der Waals surface area contributed by atoms with E-state index in [1.54, 1.807) is 4.90 Å². The topological polar surface area (TPSA) is 69.6 Å². The van der Waals surface area contributed by atoms with E-state index < -0.39 is 5.97 Å². The highest BCUT2D eigenvalue weighted by atomic mass is 16.4. The van der Waals surface area contributed by atoms with Crippen LogP contribution in [-0.4, -0.2) is 41.5 Å². The van der Waals surface area contributed by atoms with Crippen molar-refractivity contribution < 1.29 is 14.7 Å². The van der Waals surface area contributed by atoms with Crippen LogP contribution in [0.3, 0.4) is 0 Å². The molecule has 2 heterocycles. The first-order chi connectivity index (χ1) is 9.63. The van der Waals surface area contributed by atoms with Crippen LogP contribution in [0.4, 0.5) is 5.69 Å². The largest absolute Gasteiger partial charge is 0.481 e. The molecule has 1 aromatic carbocycles. The number of carboxylic acids is 1. The number of carboxylic acid groups (broad SMARTS) is 1. The van der Waals surface area contributed by atoms with E-state index in [9.17, 15) is 9.59 Å². The summed E-state index contributed by atoms with van der Waals surface area (Å²) in [6, 6.07) is 5.77. The lowest BCUT2D eigenvalue weighted by Crippen LogP contribution is -2.29. The summed E-state index contributed by atoms with van der Waals surface area (Å²) in [6.45, 7) is 2.14. The Balaban J connectivity index is 1.69. The molecule has 1 unspecified atom stereocenters. The number of carbonyl (C=O) groups is 2. The second-order valence-corrected chi connectivity index (χ2v) is 5.55. The number of benzene rings is 1. The van der Waals surface area contributed by atoms with Gasteiger partial charge >= 0.3 is 5.97 Å². The molecule has 5 nitrogen and oxygen atoms in total. The van der Waals surface area contributed by atoms with E-state index in [1.165, 1.54) is 5.56 Å². The van der Waals surface area contributed by atoms with Crippen LogP contribution in [-0.2, 0) is 11.2 Å². The van der Waals surface area contributed by atoms with Crippen molar-refractivity contribution in [2.75, 3.05) is 25.0 Å². The summed E-state index contributed by atoms with van der Waals surface area (Å²) >= 11 is 0. The van der Waals surface area contributed by atoms with E-state index in [4.69, 9.17) is 5.11 Å². The predicted octanol–water partition coefficient (Wildman–Crippen LogP) is 1.59. The van der Waals surface area contributed by atoms with Crippen molar-refractivity contribution in [1.82, 2.24) is 4.90 Å². The summed E-state index contributed by atoms with van der Waals surface area (Å²) in [5.74, 6) is -0.673. The molecule has 5 heteroatoms. The second kappa shape index (κ2) is 5.15. The molecule has 0 radical (unpaired) electrons. The van der Waals surface area contributed by atoms with Crippen LogP contribution in [0.1, 0.15) is 28.8 Å². The van der Waals surface area contributed by atoms with Gasteiger partial charge in [-0.3, -0.25) is 9.59 Å². The molecule has 2 N–H and O–H groups in total. The van der Waals surface area contributed by atoms with Crippen molar-refractivity contribution in [3.63, 3.8) is 0 Å². The third kappa shape index (κ3) is 2.48. The van der Waals surface area contributed by atoms with Gasteiger partial charge in [-0.2, -0.15) is 0 Å². The van der Waals surface area contributed by atoms with Crippen molar-refractivity contribution in [2.45, 2.75) is 19.3 Å². The van der Waals surface area contributed by atoms with E-state index in [-0.39, 0.29) is 18.2 Å². The van der Waals surface area contributed by atoms with Crippen molar-refractivity contribution >= 4 is 17.6 Å². The highest BCUT2D eigenvalue weighted by Crippen LogP contribution is 2.26. The third-order valence-corrected chi connectivity index (χ3v) is 4.10. The first-order valence-electron chi connectivity index (χ1n) is 7.01. The minimum Gasteiger partial charge on any atom is -0.481 e. The molecule has 20 heavy (non-hydrogen) atoms. The summed E-state index contributed by atoms with van der Waals surface area (Å²) in [6.07, 6.45) is 1.89. The highest BCUT2D eigenvalue weighted by Gasteiger charge is 2.28. The SMILES string of the molecule is O=C(O)CC1CCN(C(=O)c2ccc3c(c2)CCN3)C1. The lowest BCUT2D eigenvalue weighted by molar-refractivity contribution is -0.138. The van der Waals surface area contributed by atoms with Gasteiger partial charge in [-0.1, -0.05) is 0 Å². The molecular formula is C15H18N2O3. The molecule has 1 atom stereocenters. The predicted molar refractivity (Wildman–Crippen MR) is 74.9 cm³/mol. The molecule has 2 aliphatic heterocycles. The average molecular weight is 274 g/mol. The molecule has 3 rings (SSSR count). The number of likely N-dealkylation sites (tertiary alicyclic amines) is 1. The Morgan fingerprint density at radius 2 is 2.25 bits per heavy atom. The van der Waals surface area contributed by atoms with Gasteiger partial charge in [0.25, 0.3) is 5.91 Å².